The van der Waals surface area contributed by atoms with Crippen LogP contribution in [0.15, 0.2) is 61.7 Å². The second-order valence-corrected chi connectivity index (χ2v) is 7.22. The zero-order valence-electron chi connectivity index (χ0n) is 16.3. The summed E-state index contributed by atoms with van der Waals surface area (Å²) in [6, 6.07) is 17.6. The van der Waals surface area contributed by atoms with Crippen molar-refractivity contribution >= 4 is 12.2 Å². The molecule has 0 heterocycles. The van der Waals surface area contributed by atoms with Crippen LogP contribution in [0.2, 0.25) is 0 Å². The minimum Gasteiger partial charge on any atom is -0.0985 e. The van der Waals surface area contributed by atoms with E-state index in [9.17, 15) is 0 Å². The van der Waals surface area contributed by atoms with Gasteiger partial charge in [0.2, 0.25) is 0 Å². The lowest BCUT2D eigenvalue weighted by molar-refractivity contribution is 0.567. The molecule has 0 saturated heterocycles. The van der Waals surface area contributed by atoms with Crippen LogP contribution in [0.25, 0.3) is 12.2 Å². The SMILES string of the molecule is C=Cc1ccc(CCCCCCCCCCc2ccc(C=C)cc2)cc1. The first-order valence-corrected chi connectivity index (χ1v) is 10.2. The Morgan fingerprint density at radius 3 is 1.08 bits per heavy atom. The van der Waals surface area contributed by atoms with Crippen LogP contribution < -0.4 is 0 Å². The van der Waals surface area contributed by atoms with Crippen molar-refractivity contribution < 1.29 is 0 Å². The highest BCUT2D eigenvalue weighted by Crippen LogP contribution is 2.14. The number of hydrogen-bond donors (Lipinski definition) is 0. The van der Waals surface area contributed by atoms with E-state index in [1.165, 1.54) is 86.5 Å². The summed E-state index contributed by atoms with van der Waals surface area (Å²) in [5.74, 6) is 0. The molecular weight excluding hydrogens is 312 g/mol. The van der Waals surface area contributed by atoms with E-state index in [2.05, 4.69) is 61.7 Å². The molecule has 0 unspecified atom stereocenters. The van der Waals surface area contributed by atoms with Crippen molar-refractivity contribution in [2.75, 3.05) is 0 Å². The Morgan fingerprint density at radius 2 is 0.769 bits per heavy atom. The molecule has 0 fully saturated rings. The highest BCUT2D eigenvalue weighted by Gasteiger charge is 1.97. The molecule has 0 heteroatoms. The molecule has 0 aliphatic rings. The van der Waals surface area contributed by atoms with Crippen molar-refractivity contribution in [3.8, 4) is 0 Å². The van der Waals surface area contributed by atoms with Crippen LogP contribution in [0.3, 0.4) is 0 Å². The molecule has 2 aromatic carbocycles. The Balaban J connectivity index is 1.42. The fraction of sp³-hybridized carbons (Fsp3) is 0.385. The summed E-state index contributed by atoms with van der Waals surface area (Å²) in [5, 5.41) is 0. The van der Waals surface area contributed by atoms with Crippen LogP contribution in [0.4, 0.5) is 0 Å². The Morgan fingerprint density at radius 1 is 0.462 bits per heavy atom. The molecule has 0 amide bonds. The maximum atomic E-state index is 3.80. The van der Waals surface area contributed by atoms with Crippen molar-refractivity contribution in [1.82, 2.24) is 0 Å². The number of benzene rings is 2. The molecule has 0 aliphatic carbocycles. The topological polar surface area (TPSA) is 0 Å². The van der Waals surface area contributed by atoms with Gasteiger partial charge in [0.25, 0.3) is 0 Å². The third-order valence-corrected chi connectivity index (χ3v) is 5.11. The molecule has 26 heavy (non-hydrogen) atoms. The molecule has 0 aromatic heterocycles. The summed E-state index contributed by atoms with van der Waals surface area (Å²) in [5.41, 5.74) is 5.33. The number of unbranched alkanes of at least 4 members (excludes halogenated alkanes) is 7. The van der Waals surface area contributed by atoms with Crippen molar-refractivity contribution in [2.24, 2.45) is 0 Å². The molecule has 0 radical (unpaired) electrons. The molecule has 2 rings (SSSR count). The lowest BCUT2D eigenvalue weighted by Crippen LogP contribution is -1.88. The summed E-state index contributed by atoms with van der Waals surface area (Å²) in [4.78, 5) is 0. The summed E-state index contributed by atoms with van der Waals surface area (Å²) < 4.78 is 0. The van der Waals surface area contributed by atoms with E-state index < -0.39 is 0 Å². The van der Waals surface area contributed by atoms with Crippen LogP contribution in [0.5, 0.6) is 0 Å². The van der Waals surface area contributed by atoms with Gasteiger partial charge in [-0.3, -0.25) is 0 Å². The third kappa shape index (κ3) is 7.87. The van der Waals surface area contributed by atoms with E-state index >= 15 is 0 Å². The van der Waals surface area contributed by atoms with Crippen LogP contribution in [-0.2, 0) is 12.8 Å². The molecular formula is C26H34. The molecule has 0 nitrogen and oxygen atoms in total. The second kappa shape index (κ2) is 12.3. The van der Waals surface area contributed by atoms with Crippen LogP contribution >= 0.6 is 0 Å². The van der Waals surface area contributed by atoms with E-state index in [1.807, 2.05) is 12.2 Å². The Bertz CT molecular complexity index is 571. The monoisotopic (exact) mass is 346 g/mol. The van der Waals surface area contributed by atoms with Gasteiger partial charge in [0, 0.05) is 0 Å². The van der Waals surface area contributed by atoms with E-state index in [4.69, 9.17) is 0 Å². The van der Waals surface area contributed by atoms with Crippen LogP contribution in [0, 0.1) is 0 Å². The van der Waals surface area contributed by atoms with Gasteiger partial charge in [0.1, 0.15) is 0 Å². The maximum absolute atomic E-state index is 3.80. The highest BCUT2D eigenvalue weighted by molar-refractivity contribution is 5.47. The second-order valence-electron chi connectivity index (χ2n) is 7.22. The van der Waals surface area contributed by atoms with Crippen LogP contribution in [0.1, 0.15) is 73.6 Å². The first-order chi connectivity index (χ1) is 12.8. The molecule has 2 aromatic rings. The van der Waals surface area contributed by atoms with E-state index in [0.717, 1.165) is 0 Å². The van der Waals surface area contributed by atoms with Crippen molar-refractivity contribution in [3.05, 3.63) is 83.9 Å². The Hall–Kier alpha value is -2.08. The average molecular weight is 347 g/mol. The van der Waals surface area contributed by atoms with Gasteiger partial charge >= 0.3 is 0 Å². The van der Waals surface area contributed by atoms with E-state index in [1.54, 1.807) is 0 Å². The van der Waals surface area contributed by atoms with Gasteiger partial charge in [0.15, 0.2) is 0 Å². The zero-order chi connectivity index (χ0) is 18.5. The highest BCUT2D eigenvalue weighted by atomic mass is 14.0. The molecule has 0 atom stereocenters. The largest absolute Gasteiger partial charge is 0.0985 e. The van der Waals surface area contributed by atoms with E-state index in [0.29, 0.717) is 0 Å². The quantitative estimate of drug-likeness (QED) is 0.324. The molecule has 138 valence electrons. The van der Waals surface area contributed by atoms with E-state index in [-0.39, 0.29) is 0 Å². The van der Waals surface area contributed by atoms with Gasteiger partial charge in [-0.1, -0.05) is 112 Å². The minimum absolute atomic E-state index is 1.21. The minimum atomic E-state index is 1.21. The van der Waals surface area contributed by atoms with Crippen molar-refractivity contribution in [1.29, 1.82) is 0 Å². The first kappa shape index (κ1) is 20.2. The van der Waals surface area contributed by atoms with Gasteiger partial charge in [0.05, 0.1) is 0 Å². The standard InChI is InChI=1S/C26H34/c1-3-23-15-19-25(20-16-23)13-11-9-7-5-6-8-10-12-14-26-21-17-24(4-2)18-22-26/h3-4,15-22H,1-2,5-14H2. The molecule has 0 aliphatic heterocycles. The predicted octanol–water partition coefficient (Wildman–Crippen LogP) is 7.88. The van der Waals surface area contributed by atoms with Gasteiger partial charge in [-0.05, 0) is 47.9 Å². The fourth-order valence-corrected chi connectivity index (χ4v) is 3.36. The Kier molecular flexibility index (Phi) is 9.57. The predicted molar refractivity (Wildman–Crippen MR) is 117 cm³/mol. The number of rotatable bonds is 13. The molecule has 0 bridgehead atoms. The lowest BCUT2D eigenvalue weighted by Gasteiger charge is -2.04. The molecule has 0 N–H and O–H groups in total. The van der Waals surface area contributed by atoms with Gasteiger partial charge < -0.3 is 0 Å². The van der Waals surface area contributed by atoms with Crippen LogP contribution in [-0.4, -0.2) is 0 Å². The van der Waals surface area contributed by atoms with Crippen molar-refractivity contribution in [3.63, 3.8) is 0 Å². The lowest BCUT2D eigenvalue weighted by atomic mass is 10.0. The zero-order valence-corrected chi connectivity index (χ0v) is 16.3. The average Bonchev–Trinajstić information content (AvgIpc) is 2.70. The summed E-state index contributed by atoms with van der Waals surface area (Å²) in [6.07, 6.45) is 17.1. The molecule has 0 saturated carbocycles. The maximum Gasteiger partial charge on any atom is -0.0262 e. The summed E-state index contributed by atoms with van der Waals surface area (Å²) in [7, 11) is 0. The fourth-order valence-electron chi connectivity index (χ4n) is 3.36. The van der Waals surface area contributed by atoms with Gasteiger partial charge in [-0.25, -0.2) is 0 Å². The number of aryl methyl sites for hydroxylation is 2. The van der Waals surface area contributed by atoms with Gasteiger partial charge in [-0.15, -0.1) is 0 Å². The molecule has 0 spiro atoms. The van der Waals surface area contributed by atoms with Gasteiger partial charge in [-0.2, -0.15) is 0 Å². The smallest absolute Gasteiger partial charge is 0.0262 e. The third-order valence-electron chi connectivity index (χ3n) is 5.11. The first-order valence-electron chi connectivity index (χ1n) is 10.2. The van der Waals surface area contributed by atoms with Crippen molar-refractivity contribution in [2.45, 2.75) is 64.2 Å². The normalized spacial score (nSPS) is 10.6. The summed E-state index contributed by atoms with van der Waals surface area (Å²) >= 11 is 0. The number of hydrogen-bond acceptors (Lipinski definition) is 0. The summed E-state index contributed by atoms with van der Waals surface area (Å²) in [6.45, 7) is 7.60. The Labute approximate surface area is 160 Å².